The molecule has 3 heterocycles. The van der Waals surface area contributed by atoms with Gasteiger partial charge in [-0.05, 0) is 18.6 Å². The second-order valence-electron chi connectivity index (χ2n) is 6.60. The smallest absolute Gasteiger partial charge is 0.269 e. The van der Waals surface area contributed by atoms with Gasteiger partial charge >= 0.3 is 0 Å². The highest BCUT2D eigenvalue weighted by molar-refractivity contribution is 5.92. The number of nitrogens with zero attached hydrogens (tertiary/aromatic N) is 5. The van der Waals surface area contributed by atoms with Crippen molar-refractivity contribution >= 4 is 17.6 Å². The number of rotatable bonds is 6. The summed E-state index contributed by atoms with van der Waals surface area (Å²) in [5.74, 6) is 0.826. The molecular formula is C19H26N6O2. The summed E-state index contributed by atoms with van der Waals surface area (Å²) in [7, 11) is 0. The first-order valence-corrected chi connectivity index (χ1v) is 9.34. The van der Waals surface area contributed by atoms with Crippen LogP contribution < -0.4 is 10.2 Å². The Kier molecular flexibility index (Phi) is 6.05. The first kappa shape index (κ1) is 18.9. The van der Waals surface area contributed by atoms with Crippen molar-refractivity contribution in [3.05, 3.63) is 41.9 Å². The zero-order valence-electron chi connectivity index (χ0n) is 15.9. The van der Waals surface area contributed by atoms with E-state index in [2.05, 4.69) is 27.2 Å². The number of piperazine rings is 1. The van der Waals surface area contributed by atoms with Crippen molar-refractivity contribution in [2.24, 2.45) is 0 Å². The van der Waals surface area contributed by atoms with Gasteiger partial charge in [0, 0.05) is 64.1 Å². The number of carbonyl (C=O) groups is 2. The molecule has 3 rings (SSSR count). The largest absolute Gasteiger partial charge is 0.353 e. The van der Waals surface area contributed by atoms with Crippen LogP contribution in [0.15, 0.2) is 30.6 Å². The number of hydrogen-bond acceptors (Lipinski definition) is 5. The van der Waals surface area contributed by atoms with Gasteiger partial charge in [-0.3, -0.25) is 14.3 Å². The minimum Gasteiger partial charge on any atom is -0.353 e. The quantitative estimate of drug-likeness (QED) is 0.828. The monoisotopic (exact) mass is 370 g/mol. The van der Waals surface area contributed by atoms with Crippen molar-refractivity contribution < 1.29 is 9.59 Å². The molecule has 2 amide bonds. The SMILES string of the molecule is CCCn1nccc1C(=O)NCc1cccnc1N1CCN(C(C)=O)CC1. The number of pyridine rings is 1. The lowest BCUT2D eigenvalue weighted by atomic mass is 10.2. The van der Waals surface area contributed by atoms with Crippen LogP contribution in [0.3, 0.4) is 0 Å². The van der Waals surface area contributed by atoms with Gasteiger partial charge in [-0.25, -0.2) is 4.98 Å². The van der Waals surface area contributed by atoms with Crippen molar-refractivity contribution in [1.82, 2.24) is 25.0 Å². The maximum absolute atomic E-state index is 12.5. The lowest BCUT2D eigenvalue weighted by Crippen LogP contribution is -2.48. The third-order valence-corrected chi connectivity index (χ3v) is 4.72. The summed E-state index contributed by atoms with van der Waals surface area (Å²) in [6, 6.07) is 5.58. The van der Waals surface area contributed by atoms with Crippen LogP contribution in [-0.2, 0) is 17.9 Å². The van der Waals surface area contributed by atoms with E-state index in [1.807, 2.05) is 17.0 Å². The predicted molar refractivity (Wildman–Crippen MR) is 102 cm³/mol. The summed E-state index contributed by atoms with van der Waals surface area (Å²) < 4.78 is 1.72. The second-order valence-corrected chi connectivity index (χ2v) is 6.60. The van der Waals surface area contributed by atoms with Gasteiger partial charge in [0.2, 0.25) is 5.91 Å². The maximum atomic E-state index is 12.5. The molecule has 144 valence electrons. The third kappa shape index (κ3) is 4.45. The first-order valence-electron chi connectivity index (χ1n) is 9.34. The molecule has 8 heteroatoms. The summed E-state index contributed by atoms with van der Waals surface area (Å²) in [6.07, 6.45) is 4.32. The zero-order valence-corrected chi connectivity index (χ0v) is 15.9. The molecule has 1 N–H and O–H groups in total. The van der Waals surface area contributed by atoms with Gasteiger partial charge in [-0.1, -0.05) is 13.0 Å². The average molecular weight is 370 g/mol. The van der Waals surface area contributed by atoms with E-state index in [9.17, 15) is 9.59 Å². The van der Waals surface area contributed by atoms with Gasteiger partial charge in [0.25, 0.3) is 5.91 Å². The van der Waals surface area contributed by atoms with Crippen LogP contribution in [0.5, 0.6) is 0 Å². The Morgan fingerprint density at radius 1 is 1.15 bits per heavy atom. The molecule has 2 aromatic rings. The van der Waals surface area contributed by atoms with Gasteiger partial charge in [0.1, 0.15) is 11.5 Å². The van der Waals surface area contributed by atoms with Gasteiger partial charge in [-0.15, -0.1) is 0 Å². The fraction of sp³-hybridized carbons (Fsp3) is 0.474. The van der Waals surface area contributed by atoms with Crippen molar-refractivity contribution in [3.8, 4) is 0 Å². The number of carbonyl (C=O) groups excluding carboxylic acids is 2. The van der Waals surface area contributed by atoms with E-state index in [0.717, 1.165) is 30.9 Å². The first-order chi connectivity index (χ1) is 13.1. The van der Waals surface area contributed by atoms with Crippen molar-refractivity contribution in [2.75, 3.05) is 31.1 Å². The fourth-order valence-electron chi connectivity index (χ4n) is 3.27. The van der Waals surface area contributed by atoms with E-state index in [4.69, 9.17) is 0 Å². The number of aromatic nitrogens is 3. The van der Waals surface area contributed by atoms with Gasteiger partial charge in [0.15, 0.2) is 0 Å². The number of anilines is 1. The summed E-state index contributed by atoms with van der Waals surface area (Å²) in [5.41, 5.74) is 1.53. The molecule has 1 fully saturated rings. The Labute approximate surface area is 159 Å². The lowest BCUT2D eigenvalue weighted by molar-refractivity contribution is -0.129. The third-order valence-electron chi connectivity index (χ3n) is 4.72. The van der Waals surface area contributed by atoms with Crippen LogP contribution in [0.1, 0.15) is 36.3 Å². The van der Waals surface area contributed by atoms with E-state index in [0.29, 0.717) is 31.9 Å². The summed E-state index contributed by atoms with van der Waals surface area (Å²) in [6.45, 7) is 7.61. The van der Waals surface area contributed by atoms with E-state index >= 15 is 0 Å². The molecule has 0 aliphatic carbocycles. The highest BCUT2D eigenvalue weighted by atomic mass is 16.2. The minimum absolute atomic E-state index is 0.104. The highest BCUT2D eigenvalue weighted by Crippen LogP contribution is 2.19. The predicted octanol–water partition coefficient (Wildman–Crippen LogP) is 1.29. The average Bonchev–Trinajstić information content (AvgIpc) is 3.15. The molecule has 0 unspecified atom stereocenters. The Morgan fingerprint density at radius 2 is 1.93 bits per heavy atom. The van der Waals surface area contributed by atoms with Crippen molar-refractivity contribution in [2.45, 2.75) is 33.4 Å². The Bertz CT molecular complexity index is 795. The van der Waals surface area contributed by atoms with Crippen LogP contribution in [0.2, 0.25) is 0 Å². The summed E-state index contributed by atoms with van der Waals surface area (Å²) in [5, 5.41) is 7.17. The number of hydrogen-bond donors (Lipinski definition) is 1. The molecule has 1 saturated heterocycles. The van der Waals surface area contributed by atoms with Crippen LogP contribution in [0.25, 0.3) is 0 Å². The normalized spacial score (nSPS) is 14.3. The van der Waals surface area contributed by atoms with Crippen molar-refractivity contribution in [1.29, 1.82) is 0 Å². The molecule has 0 bridgehead atoms. The standard InChI is InChI=1S/C19H26N6O2/c1-3-9-25-17(6-8-22-25)19(27)21-14-16-5-4-7-20-18(16)24-12-10-23(11-13-24)15(2)26/h4-8H,3,9-14H2,1-2H3,(H,21,27). The number of amides is 2. The van der Waals surface area contributed by atoms with E-state index < -0.39 is 0 Å². The van der Waals surface area contributed by atoms with Crippen LogP contribution in [0.4, 0.5) is 5.82 Å². The second kappa shape index (κ2) is 8.66. The van der Waals surface area contributed by atoms with E-state index in [1.165, 1.54) is 0 Å². The van der Waals surface area contributed by atoms with E-state index in [1.54, 1.807) is 30.1 Å². The molecule has 2 aromatic heterocycles. The molecule has 27 heavy (non-hydrogen) atoms. The number of aryl methyl sites for hydroxylation is 1. The van der Waals surface area contributed by atoms with E-state index in [-0.39, 0.29) is 11.8 Å². The molecule has 1 aliphatic rings. The Hall–Kier alpha value is -2.90. The van der Waals surface area contributed by atoms with Crippen LogP contribution in [0, 0.1) is 0 Å². The van der Waals surface area contributed by atoms with Crippen LogP contribution in [-0.4, -0.2) is 57.7 Å². The van der Waals surface area contributed by atoms with Gasteiger partial charge in [0.05, 0.1) is 0 Å². The molecule has 0 aromatic carbocycles. The van der Waals surface area contributed by atoms with Gasteiger partial charge in [-0.2, -0.15) is 5.10 Å². The minimum atomic E-state index is -0.142. The molecule has 0 spiro atoms. The van der Waals surface area contributed by atoms with Crippen LogP contribution >= 0.6 is 0 Å². The Morgan fingerprint density at radius 3 is 2.63 bits per heavy atom. The highest BCUT2D eigenvalue weighted by Gasteiger charge is 2.21. The molecule has 0 atom stereocenters. The zero-order chi connectivity index (χ0) is 19.2. The molecule has 0 saturated carbocycles. The topological polar surface area (TPSA) is 83.4 Å². The summed E-state index contributed by atoms with van der Waals surface area (Å²) in [4.78, 5) is 32.6. The summed E-state index contributed by atoms with van der Waals surface area (Å²) >= 11 is 0. The number of nitrogens with one attached hydrogen (secondary N) is 1. The molecular weight excluding hydrogens is 344 g/mol. The lowest BCUT2D eigenvalue weighted by Gasteiger charge is -2.35. The molecule has 0 radical (unpaired) electrons. The fourth-order valence-corrected chi connectivity index (χ4v) is 3.27. The van der Waals surface area contributed by atoms with Crippen molar-refractivity contribution in [3.63, 3.8) is 0 Å². The molecule has 1 aliphatic heterocycles. The molecule has 8 nitrogen and oxygen atoms in total. The maximum Gasteiger partial charge on any atom is 0.269 e. The van der Waals surface area contributed by atoms with Gasteiger partial charge < -0.3 is 15.1 Å². The Balaban J connectivity index is 1.65.